The van der Waals surface area contributed by atoms with Gasteiger partial charge in [-0.1, -0.05) is 63.6 Å². The van der Waals surface area contributed by atoms with Gasteiger partial charge in [0.05, 0.1) is 0 Å². The van der Waals surface area contributed by atoms with Crippen molar-refractivity contribution in [2.45, 2.75) is 66.2 Å². The lowest BCUT2D eigenvalue weighted by atomic mass is 9.47. The molecule has 0 amide bonds. The summed E-state index contributed by atoms with van der Waals surface area (Å²) in [6.45, 7) is 18.0. The van der Waals surface area contributed by atoms with Gasteiger partial charge in [0, 0.05) is 0 Å². The van der Waals surface area contributed by atoms with Crippen molar-refractivity contribution in [2.75, 3.05) is 0 Å². The summed E-state index contributed by atoms with van der Waals surface area (Å²) in [6, 6.07) is 0. The minimum atomic E-state index is 0.453. The molecule has 2 aliphatic carbocycles. The lowest BCUT2D eigenvalue weighted by molar-refractivity contribution is -0.0510. The number of hydrogen-bond donors (Lipinski definition) is 0. The Morgan fingerprint density at radius 1 is 1.30 bits per heavy atom. The van der Waals surface area contributed by atoms with Gasteiger partial charge >= 0.3 is 0 Å². The van der Waals surface area contributed by atoms with E-state index in [-0.39, 0.29) is 0 Å². The molecule has 20 heavy (non-hydrogen) atoms. The average molecular weight is 272 g/mol. The maximum atomic E-state index is 4.43. The van der Waals surface area contributed by atoms with Gasteiger partial charge in [0.1, 0.15) is 0 Å². The summed E-state index contributed by atoms with van der Waals surface area (Å²) < 4.78 is 0. The van der Waals surface area contributed by atoms with Crippen LogP contribution in [0.1, 0.15) is 66.2 Å². The summed E-state index contributed by atoms with van der Waals surface area (Å²) in [6.07, 6.45) is 12.2. The van der Waals surface area contributed by atoms with Gasteiger partial charge in [0.15, 0.2) is 0 Å². The zero-order valence-corrected chi connectivity index (χ0v) is 14.0. The molecule has 0 N–H and O–H groups in total. The smallest absolute Gasteiger partial charge is 0.0114 e. The molecule has 0 spiro atoms. The van der Waals surface area contributed by atoms with Gasteiger partial charge in [-0.05, 0) is 61.7 Å². The van der Waals surface area contributed by atoms with E-state index in [1.807, 2.05) is 6.08 Å². The summed E-state index contributed by atoms with van der Waals surface area (Å²) >= 11 is 0. The topological polar surface area (TPSA) is 0 Å². The lowest BCUT2D eigenvalue weighted by Gasteiger charge is -2.58. The first-order valence-electron chi connectivity index (χ1n) is 8.28. The second-order valence-corrected chi connectivity index (χ2v) is 8.04. The molecule has 0 saturated heterocycles. The Labute approximate surface area is 126 Å². The number of fused-ring (bicyclic) bond motifs is 1. The van der Waals surface area contributed by atoms with Crippen molar-refractivity contribution in [3.05, 3.63) is 36.5 Å². The third kappa shape index (κ3) is 2.67. The monoisotopic (exact) mass is 272 g/mol. The summed E-state index contributed by atoms with van der Waals surface area (Å²) in [7, 11) is 0. The molecular weight excluding hydrogens is 240 g/mol. The first kappa shape index (κ1) is 15.6. The van der Waals surface area contributed by atoms with Crippen molar-refractivity contribution in [1.82, 2.24) is 0 Å². The van der Waals surface area contributed by atoms with Crippen LogP contribution in [-0.4, -0.2) is 0 Å². The van der Waals surface area contributed by atoms with Crippen LogP contribution in [0, 0.1) is 22.7 Å². The van der Waals surface area contributed by atoms with Crippen LogP contribution in [0.4, 0.5) is 0 Å². The Balaban J connectivity index is 2.28. The minimum Gasteiger partial charge on any atom is -0.0995 e. The molecule has 0 aromatic carbocycles. The Hall–Kier alpha value is -0.780. The van der Waals surface area contributed by atoms with Gasteiger partial charge in [-0.15, -0.1) is 0 Å². The highest BCUT2D eigenvalue weighted by Gasteiger charge is 2.52. The van der Waals surface area contributed by atoms with Crippen LogP contribution >= 0.6 is 0 Å². The van der Waals surface area contributed by atoms with Crippen molar-refractivity contribution < 1.29 is 0 Å². The van der Waals surface area contributed by atoms with Crippen LogP contribution in [-0.2, 0) is 0 Å². The van der Waals surface area contributed by atoms with E-state index in [4.69, 9.17) is 0 Å². The first-order chi connectivity index (χ1) is 9.31. The molecule has 0 heteroatoms. The van der Waals surface area contributed by atoms with Gasteiger partial charge in [0.2, 0.25) is 0 Å². The van der Waals surface area contributed by atoms with E-state index in [0.29, 0.717) is 16.7 Å². The average Bonchev–Trinajstić information content (AvgIpc) is 2.36. The Morgan fingerprint density at radius 3 is 2.65 bits per heavy atom. The highest BCUT2D eigenvalue weighted by Crippen LogP contribution is 2.61. The molecule has 2 saturated carbocycles. The quantitative estimate of drug-likeness (QED) is 0.417. The van der Waals surface area contributed by atoms with Crippen LogP contribution in [0.25, 0.3) is 0 Å². The second-order valence-electron chi connectivity index (χ2n) is 8.04. The fraction of sp³-hybridized carbons (Fsp3) is 0.700. The van der Waals surface area contributed by atoms with E-state index in [1.165, 1.54) is 43.3 Å². The molecule has 2 rings (SSSR count). The van der Waals surface area contributed by atoms with Crippen molar-refractivity contribution >= 4 is 0 Å². The van der Waals surface area contributed by atoms with Crippen LogP contribution in [0.3, 0.4) is 0 Å². The van der Waals surface area contributed by atoms with Crippen LogP contribution < -0.4 is 0 Å². The predicted octanol–water partition coefficient (Wildman–Crippen LogP) is 6.31. The van der Waals surface area contributed by atoms with Gasteiger partial charge in [-0.25, -0.2) is 0 Å². The highest BCUT2D eigenvalue weighted by molar-refractivity contribution is 5.20. The minimum absolute atomic E-state index is 0.453. The molecule has 112 valence electrons. The summed E-state index contributed by atoms with van der Waals surface area (Å²) in [5.41, 5.74) is 3.76. The Bertz CT molecular complexity index is 423. The fourth-order valence-corrected chi connectivity index (χ4v) is 5.10. The molecule has 0 radical (unpaired) electrons. The van der Waals surface area contributed by atoms with Crippen LogP contribution in [0.5, 0.6) is 0 Å². The first-order valence-corrected chi connectivity index (χ1v) is 8.28. The molecule has 3 atom stereocenters. The molecule has 0 heterocycles. The van der Waals surface area contributed by atoms with E-state index in [1.54, 1.807) is 0 Å². The molecule has 0 nitrogen and oxygen atoms in total. The third-order valence-corrected chi connectivity index (χ3v) is 6.32. The van der Waals surface area contributed by atoms with Crippen LogP contribution in [0.15, 0.2) is 36.5 Å². The van der Waals surface area contributed by atoms with E-state index in [2.05, 4.69) is 46.9 Å². The number of allylic oxidation sites excluding steroid dienone is 4. The predicted molar refractivity (Wildman–Crippen MR) is 89.7 cm³/mol. The Kier molecular flexibility index (Phi) is 4.33. The standard InChI is InChI=1S/C20H32/c1-7-15(2)9-11-17-16(3)10-12-18-19(4,5)13-8-14-20(17,18)6/h7,9,17-18H,1,3,8,10-14H2,2,4-6H3/b15-9-/t17?,18-,20?/m1/s1. The summed E-state index contributed by atoms with van der Waals surface area (Å²) in [4.78, 5) is 0. The van der Waals surface area contributed by atoms with Crippen molar-refractivity contribution in [2.24, 2.45) is 22.7 Å². The maximum absolute atomic E-state index is 4.43. The third-order valence-electron chi connectivity index (χ3n) is 6.32. The number of rotatable bonds is 3. The molecule has 2 aliphatic rings. The summed E-state index contributed by atoms with van der Waals surface area (Å²) in [5, 5.41) is 0. The normalized spacial score (nSPS) is 37.4. The van der Waals surface area contributed by atoms with E-state index in [0.717, 1.165) is 12.3 Å². The molecule has 0 aromatic heterocycles. The SMILES string of the molecule is C=C/C(C)=C\CC1C(=C)CC[C@@H]2C(C)(C)CCCC12C. The highest BCUT2D eigenvalue weighted by atomic mass is 14.6. The molecular formula is C20H32. The van der Waals surface area contributed by atoms with Gasteiger partial charge < -0.3 is 0 Å². The van der Waals surface area contributed by atoms with Crippen molar-refractivity contribution in [3.8, 4) is 0 Å². The zero-order chi connectivity index (χ0) is 15.0. The van der Waals surface area contributed by atoms with Gasteiger partial charge in [-0.2, -0.15) is 0 Å². The second kappa shape index (κ2) is 5.54. The summed E-state index contributed by atoms with van der Waals surface area (Å²) in [5.74, 6) is 1.52. The molecule has 0 bridgehead atoms. The van der Waals surface area contributed by atoms with E-state index in [9.17, 15) is 0 Å². The van der Waals surface area contributed by atoms with Crippen LogP contribution in [0.2, 0.25) is 0 Å². The maximum Gasteiger partial charge on any atom is -0.0114 e. The lowest BCUT2D eigenvalue weighted by Crippen LogP contribution is -2.49. The van der Waals surface area contributed by atoms with Gasteiger partial charge in [-0.3, -0.25) is 0 Å². The largest absolute Gasteiger partial charge is 0.0995 e. The molecule has 2 fully saturated rings. The van der Waals surface area contributed by atoms with E-state index < -0.39 is 0 Å². The Morgan fingerprint density at radius 2 is 2.00 bits per heavy atom. The van der Waals surface area contributed by atoms with E-state index >= 15 is 0 Å². The van der Waals surface area contributed by atoms with Crippen molar-refractivity contribution in [3.63, 3.8) is 0 Å². The van der Waals surface area contributed by atoms with Gasteiger partial charge in [0.25, 0.3) is 0 Å². The molecule has 2 unspecified atom stereocenters. The molecule has 0 aromatic rings. The zero-order valence-electron chi connectivity index (χ0n) is 14.0. The van der Waals surface area contributed by atoms with Crippen molar-refractivity contribution in [1.29, 1.82) is 0 Å². The fourth-order valence-electron chi connectivity index (χ4n) is 5.10. The number of hydrogen-bond acceptors (Lipinski definition) is 0. The molecule has 0 aliphatic heterocycles.